The summed E-state index contributed by atoms with van der Waals surface area (Å²) < 4.78 is 21.0. The average molecular weight is 261 g/mol. The van der Waals surface area contributed by atoms with Gasteiger partial charge in [0.25, 0.3) is 0 Å². The molecule has 0 bridgehead atoms. The lowest BCUT2D eigenvalue weighted by Gasteiger charge is -2.29. The van der Waals surface area contributed by atoms with E-state index >= 15 is 0 Å². The van der Waals surface area contributed by atoms with E-state index in [-0.39, 0.29) is 0 Å². The molecule has 7 heteroatoms. The Hall–Kier alpha value is 0.690. The molecular weight excluding hydrogens is 246 g/mol. The van der Waals surface area contributed by atoms with Gasteiger partial charge in [0.2, 0.25) is 0 Å². The third-order valence-electron chi connectivity index (χ3n) is 2.06. The molecule has 84 valence electrons. The van der Waals surface area contributed by atoms with Gasteiger partial charge in [0.05, 0.1) is 0 Å². The van der Waals surface area contributed by atoms with E-state index < -0.39 is 7.67 Å². The Morgan fingerprint density at radius 3 is 2.14 bits per heavy atom. The fourth-order valence-corrected chi connectivity index (χ4v) is 4.03. The number of hydrogen-bond acceptors (Lipinski definition) is 2. The molecule has 1 aliphatic heterocycles. The molecule has 0 aromatic carbocycles. The van der Waals surface area contributed by atoms with Crippen LogP contribution in [0.2, 0.25) is 0 Å². The molecule has 0 spiro atoms. The van der Waals surface area contributed by atoms with Gasteiger partial charge < -0.3 is 4.52 Å². The highest BCUT2D eigenvalue weighted by Gasteiger charge is 2.43. The molecule has 1 atom stereocenters. The third-order valence-corrected chi connectivity index (χ3v) is 5.11. The molecule has 14 heavy (non-hydrogen) atoms. The van der Waals surface area contributed by atoms with Crippen LogP contribution >= 0.6 is 30.9 Å². The summed E-state index contributed by atoms with van der Waals surface area (Å²) in [5.41, 5.74) is 0. The van der Waals surface area contributed by atoms with E-state index in [0.717, 1.165) is 13.1 Å². The average Bonchev–Trinajstić information content (AvgIpc) is 3.00. The smallest absolute Gasteiger partial charge is 0.309 e. The van der Waals surface area contributed by atoms with Gasteiger partial charge >= 0.3 is 7.67 Å². The van der Waals surface area contributed by atoms with Crippen LogP contribution in [0.3, 0.4) is 0 Å². The summed E-state index contributed by atoms with van der Waals surface area (Å²) in [5.74, 6) is 0.857. The maximum atomic E-state index is 12.3. The van der Waals surface area contributed by atoms with Crippen molar-refractivity contribution in [2.24, 2.45) is 0 Å². The van der Waals surface area contributed by atoms with Crippen LogP contribution < -0.4 is 0 Å². The van der Waals surface area contributed by atoms with Crippen LogP contribution in [0.1, 0.15) is 0 Å². The van der Waals surface area contributed by atoms with Gasteiger partial charge in [-0.05, 0) is 0 Å². The first-order valence-electron chi connectivity index (χ1n) is 4.47. The molecule has 4 nitrogen and oxygen atoms in total. The second-order valence-corrected chi connectivity index (χ2v) is 6.19. The zero-order chi connectivity index (χ0) is 10.6. The van der Waals surface area contributed by atoms with Crippen molar-refractivity contribution in [3.8, 4) is 0 Å². The topological polar surface area (TPSA) is 32.5 Å². The number of halogens is 2. The highest BCUT2D eigenvalue weighted by molar-refractivity contribution is 7.54. The lowest BCUT2D eigenvalue weighted by molar-refractivity contribution is 0.291. The third kappa shape index (κ3) is 2.84. The van der Waals surface area contributed by atoms with Crippen LogP contribution in [0.15, 0.2) is 0 Å². The van der Waals surface area contributed by atoms with Crippen LogP contribution in [0, 0.1) is 0 Å². The first kappa shape index (κ1) is 12.8. The van der Waals surface area contributed by atoms with Gasteiger partial charge in [0.1, 0.15) is 0 Å². The minimum Gasteiger partial charge on any atom is -0.309 e. The molecule has 1 aliphatic rings. The maximum absolute atomic E-state index is 12.3. The molecule has 1 saturated heterocycles. The van der Waals surface area contributed by atoms with Gasteiger partial charge in [-0.15, -0.1) is 23.2 Å². The van der Waals surface area contributed by atoms with Gasteiger partial charge in [-0.1, -0.05) is 0 Å². The van der Waals surface area contributed by atoms with E-state index in [4.69, 9.17) is 27.7 Å². The van der Waals surface area contributed by atoms with E-state index in [1.165, 1.54) is 7.11 Å². The standard InChI is InChI=1S/C7H15Cl2N2O2P/c1-13-14(12,11-6-7-11)10(4-2-8)5-3-9/h2-7H2,1H3. The van der Waals surface area contributed by atoms with E-state index in [2.05, 4.69) is 0 Å². The second kappa shape index (κ2) is 5.69. The van der Waals surface area contributed by atoms with Crippen LogP contribution in [0.4, 0.5) is 0 Å². The number of nitrogens with zero attached hydrogens (tertiary/aromatic N) is 2. The Morgan fingerprint density at radius 2 is 1.86 bits per heavy atom. The normalized spacial score (nSPS) is 21.1. The van der Waals surface area contributed by atoms with Crippen molar-refractivity contribution in [2.75, 3.05) is 45.0 Å². The van der Waals surface area contributed by atoms with Crippen LogP contribution in [0.5, 0.6) is 0 Å². The molecule has 0 radical (unpaired) electrons. The van der Waals surface area contributed by atoms with Crippen LogP contribution in [0.25, 0.3) is 0 Å². The number of alkyl halides is 2. The zero-order valence-corrected chi connectivity index (χ0v) is 10.6. The fourth-order valence-electron chi connectivity index (χ4n) is 1.27. The molecule has 1 unspecified atom stereocenters. The molecular formula is C7H15Cl2N2O2P. The summed E-state index contributed by atoms with van der Waals surface area (Å²) in [6, 6.07) is 0. The summed E-state index contributed by atoms with van der Waals surface area (Å²) in [5, 5.41) is 0. The molecule has 0 aromatic rings. The number of hydrogen-bond donors (Lipinski definition) is 0. The molecule has 0 aliphatic carbocycles. The largest absolute Gasteiger partial charge is 0.345 e. The fraction of sp³-hybridized carbons (Fsp3) is 1.00. The van der Waals surface area contributed by atoms with Gasteiger partial charge in [0, 0.05) is 45.0 Å². The van der Waals surface area contributed by atoms with Gasteiger partial charge in [-0.3, -0.25) is 4.57 Å². The van der Waals surface area contributed by atoms with E-state index in [1.807, 2.05) is 4.67 Å². The lowest BCUT2D eigenvalue weighted by Crippen LogP contribution is -2.28. The quantitative estimate of drug-likeness (QED) is 0.397. The molecule has 0 N–H and O–H groups in total. The SMILES string of the molecule is COP(=O)(N(CCCl)CCCl)N1CC1. The van der Waals surface area contributed by atoms with Crippen molar-refractivity contribution in [1.82, 2.24) is 9.34 Å². The maximum Gasteiger partial charge on any atom is 0.345 e. The highest BCUT2D eigenvalue weighted by Crippen LogP contribution is 2.56. The lowest BCUT2D eigenvalue weighted by atomic mass is 10.6. The second-order valence-electron chi connectivity index (χ2n) is 2.96. The van der Waals surface area contributed by atoms with Crippen molar-refractivity contribution >= 4 is 30.9 Å². The Kier molecular flexibility index (Phi) is 5.18. The highest BCUT2D eigenvalue weighted by atomic mass is 35.5. The predicted octanol–water partition coefficient (Wildman–Crippen LogP) is 1.84. The van der Waals surface area contributed by atoms with Crippen molar-refractivity contribution in [3.05, 3.63) is 0 Å². The Morgan fingerprint density at radius 1 is 1.36 bits per heavy atom. The van der Waals surface area contributed by atoms with Gasteiger partial charge in [-0.25, -0.2) is 9.34 Å². The summed E-state index contributed by atoms with van der Waals surface area (Å²) in [6.07, 6.45) is 0. The van der Waals surface area contributed by atoms with Gasteiger partial charge in [0.15, 0.2) is 0 Å². The first-order chi connectivity index (χ1) is 6.69. The summed E-state index contributed by atoms with van der Waals surface area (Å²) in [6.45, 7) is 2.73. The first-order valence-corrected chi connectivity index (χ1v) is 7.07. The monoisotopic (exact) mass is 260 g/mol. The molecule has 1 fully saturated rings. The predicted molar refractivity (Wildman–Crippen MR) is 59.2 cm³/mol. The summed E-state index contributed by atoms with van der Waals surface area (Å²) in [7, 11) is -1.34. The Labute approximate surface area is 94.7 Å². The summed E-state index contributed by atoms with van der Waals surface area (Å²) in [4.78, 5) is 0. The van der Waals surface area contributed by atoms with Crippen molar-refractivity contribution in [2.45, 2.75) is 0 Å². The molecule has 0 aromatic heterocycles. The Bertz CT molecular complexity index is 220. The van der Waals surface area contributed by atoms with E-state index in [1.54, 1.807) is 4.67 Å². The molecule has 1 rings (SSSR count). The van der Waals surface area contributed by atoms with Crippen LogP contribution in [-0.2, 0) is 9.09 Å². The van der Waals surface area contributed by atoms with Gasteiger partial charge in [-0.2, -0.15) is 0 Å². The summed E-state index contributed by atoms with van der Waals surface area (Å²) >= 11 is 11.3. The molecule has 1 heterocycles. The van der Waals surface area contributed by atoms with E-state index in [0.29, 0.717) is 24.8 Å². The zero-order valence-electron chi connectivity index (χ0n) is 8.16. The Balaban J connectivity index is 2.65. The van der Waals surface area contributed by atoms with Crippen LogP contribution in [-0.4, -0.2) is 54.4 Å². The molecule has 0 amide bonds. The number of rotatable bonds is 7. The van der Waals surface area contributed by atoms with Crippen molar-refractivity contribution in [1.29, 1.82) is 0 Å². The van der Waals surface area contributed by atoms with Crippen molar-refractivity contribution in [3.63, 3.8) is 0 Å². The van der Waals surface area contributed by atoms with E-state index in [9.17, 15) is 4.57 Å². The minimum atomic E-state index is -2.81. The molecule has 0 saturated carbocycles. The van der Waals surface area contributed by atoms with Crippen molar-refractivity contribution < 1.29 is 9.09 Å². The minimum absolute atomic E-state index is 0.429.